The summed E-state index contributed by atoms with van der Waals surface area (Å²) in [5, 5.41) is 0. The van der Waals surface area contributed by atoms with E-state index in [4.69, 9.17) is 9.47 Å². The van der Waals surface area contributed by atoms with E-state index in [9.17, 15) is 4.79 Å². The zero-order chi connectivity index (χ0) is 12.7. The molecule has 1 aliphatic rings. The molecule has 100 valence electrons. The highest BCUT2D eigenvalue weighted by Gasteiger charge is 2.23. The second-order valence-electron chi connectivity index (χ2n) is 4.55. The number of carbonyl (C=O) groups is 1. The number of ketones is 1. The van der Waals surface area contributed by atoms with Gasteiger partial charge in [0.25, 0.3) is 0 Å². The third-order valence-corrected chi connectivity index (χ3v) is 3.14. The van der Waals surface area contributed by atoms with Crippen LogP contribution in [0.15, 0.2) is 0 Å². The Kier molecular flexibility index (Phi) is 6.70. The van der Waals surface area contributed by atoms with Gasteiger partial charge in [0.15, 0.2) is 6.29 Å². The summed E-state index contributed by atoms with van der Waals surface area (Å²) in [7, 11) is 0. The molecular formula is C13H25NO3. The minimum absolute atomic E-state index is 0.0991. The first-order valence-electron chi connectivity index (χ1n) is 6.65. The van der Waals surface area contributed by atoms with Gasteiger partial charge in [-0.15, -0.1) is 0 Å². The van der Waals surface area contributed by atoms with Crippen LogP contribution in [0.5, 0.6) is 0 Å². The van der Waals surface area contributed by atoms with Crippen LogP contribution in [-0.4, -0.2) is 49.8 Å². The van der Waals surface area contributed by atoms with Crippen LogP contribution in [0.2, 0.25) is 0 Å². The average Bonchev–Trinajstić information content (AvgIpc) is 2.31. The maximum Gasteiger partial charge on any atom is 0.158 e. The number of ether oxygens (including phenoxy) is 2. The number of rotatable bonds is 7. The predicted molar refractivity (Wildman–Crippen MR) is 66.9 cm³/mol. The molecule has 0 radical (unpaired) electrons. The molecule has 17 heavy (non-hydrogen) atoms. The summed E-state index contributed by atoms with van der Waals surface area (Å²) in [6.45, 7) is 10.0. The van der Waals surface area contributed by atoms with Crippen LogP contribution >= 0.6 is 0 Å². The summed E-state index contributed by atoms with van der Waals surface area (Å²) in [5.74, 6) is 0.578. The molecule has 0 N–H and O–H groups in total. The van der Waals surface area contributed by atoms with Gasteiger partial charge in [0.1, 0.15) is 5.78 Å². The summed E-state index contributed by atoms with van der Waals surface area (Å²) >= 11 is 0. The van der Waals surface area contributed by atoms with Gasteiger partial charge in [-0.05, 0) is 13.8 Å². The maximum atomic E-state index is 11.4. The van der Waals surface area contributed by atoms with E-state index >= 15 is 0 Å². The SMILES string of the molecule is CCOC(CCN1CCC(=O)C(C)C1)OCC. The molecular weight excluding hydrogens is 218 g/mol. The van der Waals surface area contributed by atoms with E-state index in [1.165, 1.54) is 0 Å². The fourth-order valence-electron chi connectivity index (χ4n) is 2.17. The number of likely N-dealkylation sites (tertiary alicyclic amines) is 1. The zero-order valence-electron chi connectivity index (χ0n) is 11.3. The largest absolute Gasteiger partial charge is 0.353 e. The summed E-state index contributed by atoms with van der Waals surface area (Å²) < 4.78 is 11.0. The lowest BCUT2D eigenvalue weighted by Crippen LogP contribution is -2.41. The molecule has 1 fully saturated rings. The molecule has 4 heteroatoms. The quantitative estimate of drug-likeness (QED) is 0.638. The Balaban J connectivity index is 2.26. The molecule has 0 aromatic heterocycles. The van der Waals surface area contributed by atoms with Gasteiger partial charge < -0.3 is 14.4 Å². The third kappa shape index (κ3) is 5.15. The highest BCUT2D eigenvalue weighted by atomic mass is 16.7. The fourth-order valence-corrected chi connectivity index (χ4v) is 2.17. The topological polar surface area (TPSA) is 38.8 Å². The molecule has 1 saturated heterocycles. The highest BCUT2D eigenvalue weighted by Crippen LogP contribution is 2.13. The first kappa shape index (κ1) is 14.6. The monoisotopic (exact) mass is 243 g/mol. The van der Waals surface area contributed by atoms with Gasteiger partial charge in [0.2, 0.25) is 0 Å². The van der Waals surface area contributed by atoms with Gasteiger partial charge in [0.05, 0.1) is 0 Å². The Morgan fingerprint density at radius 2 is 2.00 bits per heavy atom. The standard InChI is InChI=1S/C13H25NO3/c1-4-16-13(17-5-2)7-9-14-8-6-12(15)11(3)10-14/h11,13H,4-10H2,1-3H3. The van der Waals surface area contributed by atoms with Crippen LogP contribution in [0, 0.1) is 5.92 Å². The number of piperidine rings is 1. The van der Waals surface area contributed by atoms with Gasteiger partial charge in [-0.3, -0.25) is 4.79 Å². The first-order valence-corrected chi connectivity index (χ1v) is 6.65. The van der Waals surface area contributed by atoms with Crippen LogP contribution in [0.25, 0.3) is 0 Å². The van der Waals surface area contributed by atoms with Crippen molar-refractivity contribution in [2.24, 2.45) is 5.92 Å². The summed E-state index contributed by atoms with van der Waals surface area (Å²) in [6.07, 6.45) is 1.47. The number of nitrogens with zero attached hydrogens (tertiary/aromatic N) is 1. The second-order valence-corrected chi connectivity index (χ2v) is 4.55. The highest BCUT2D eigenvalue weighted by molar-refractivity contribution is 5.81. The maximum absolute atomic E-state index is 11.4. The van der Waals surface area contributed by atoms with Crippen molar-refractivity contribution >= 4 is 5.78 Å². The summed E-state index contributed by atoms with van der Waals surface area (Å²) in [4.78, 5) is 13.7. The molecule has 1 unspecified atom stereocenters. The normalized spacial score (nSPS) is 22.4. The third-order valence-electron chi connectivity index (χ3n) is 3.14. The van der Waals surface area contributed by atoms with E-state index in [-0.39, 0.29) is 12.2 Å². The van der Waals surface area contributed by atoms with E-state index in [1.807, 2.05) is 20.8 Å². The van der Waals surface area contributed by atoms with Gasteiger partial charge >= 0.3 is 0 Å². The Labute approximate surface area is 104 Å². The van der Waals surface area contributed by atoms with Crippen LogP contribution in [-0.2, 0) is 14.3 Å². The summed E-state index contributed by atoms with van der Waals surface area (Å²) in [6, 6.07) is 0. The number of hydrogen-bond acceptors (Lipinski definition) is 4. The molecule has 1 atom stereocenters. The number of carbonyl (C=O) groups excluding carboxylic acids is 1. The van der Waals surface area contributed by atoms with Crippen molar-refractivity contribution in [2.75, 3.05) is 32.8 Å². The molecule has 0 bridgehead atoms. The van der Waals surface area contributed by atoms with Gasteiger partial charge in [-0.25, -0.2) is 0 Å². The first-order chi connectivity index (χ1) is 8.17. The second kappa shape index (κ2) is 7.80. The van der Waals surface area contributed by atoms with Gasteiger partial charge in [-0.2, -0.15) is 0 Å². The fraction of sp³-hybridized carbons (Fsp3) is 0.923. The molecule has 4 nitrogen and oxygen atoms in total. The van der Waals surface area contributed by atoms with Crippen LogP contribution in [0.1, 0.15) is 33.6 Å². The smallest absolute Gasteiger partial charge is 0.158 e. The van der Waals surface area contributed by atoms with Crippen molar-refractivity contribution in [3.63, 3.8) is 0 Å². The molecule has 0 saturated carbocycles. The minimum Gasteiger partial charge on any atom is -0.353 e. The van der Waals surface area contributed by atoms with Crippen molar-refractivity contribution in [3.8, 4) is 0 Å². The summed E-state index contributed by atoms with van der Waals surface area (Å²) in [5.41, 5.74) is 0. The van der Waals surface area contributed by atoms with Crippen molar-refractivity contribution in [2.45, 2.75) is 39.9 Å². The van der Waals surface area contributed by atoms with Gasteiger partial charge in [-0.1, -0.05) is 6.92 Å². The van der Waals surface area contributed by atoms with E-state index < -0.39 is 0 Å². The number of hydrogen-bond donors (Lipinski definition) is 0. The molecule has 0 aromatic rings. The van der Waals surface area contributed by atoms with E-state index in [0.717, 1.165) is 26.1 Å². The van der Waals surface area contributed by atoms with Crippen molar-refractivity contribution in [3.05, 3.63) is 0 Å². The average molecular weight is 243 g/mol. The number of Topliss-reactive ketones (excluding diaryl/α,β-unsaturated/α-hetero) is 1. The van der Waals surface area contributed by atoms with Crippen LogP contribution in [0.3, 0.4) is 0 Å². The molecule has 1 aliphatic heterocycles. The lowest BCUT2D eigenvalue weighted by Gasteiger charge is -2.30. The van der Waals surface area contributed by atoms with Crippen LogP contribution < -0.4 is 0 Å². The van der Waals surface area contributed by atoms with E-state index in [0.29, 0.717) is 25.4 Å². The Morgan fingerprint density at radius 1 is 1.35 bits per heavy atom. The van der Waals surface area contributed by atoms with Gasteiger partial charge in [0, 0.05) is 51.6 Å². The molecule has 0 amide bonds. The van der Waals surface area contributed by atoms with Crippen molar-refractivity contribution in [1.82, 2.24) is 4.90 Å². The lowest BCUT2D eigenvalue weighted by molar-refractivity contribution is -0.143. The Hall–Kier alpha value is -0.450. The van der Waals surface area contributed by atoms with E-state index in [2.05, 4.69) is 4.90 Å². The zero-order valence-corrected chi connectivity index (χ0v) is 11.3. The Bertz CT molecular complexity index is 227. The molecule has 1 heterocycles. The van der Waals surface area contributed by atoms with Crippen molar-refractivity contribution in [1.29, 1.82) is 0 Å². The predicted octanol–water partition coefficient (Wildman–Crippen LogP) is 1.69. The Morgan fingerprint density at radius 3 is 2.53 bits per heavy atom. The molecule has 0 aliphatic carbocycles. The van der Waals surface area contributed by atoms with Crippen molar-refractivity contribution < 1.29 is 14.3 Å². The van der Waals surface area contributed by atoms with E-state index in [1.54, 1.807) is 0 Å². The molecule has 1 rings (SSSR count). The molecule has 0 aromatic carbocycles. The van der Waals surface area contributed by atoms with Crippen LogP contribution in [0.4, 0.5) is 0 Å². The molecule has 0 spiro atoms. The minimum atomic E-state index is -0.0991. The lowest BCUT2D eigenvalue weighted by atomic mass is 9.98.